The molecule has 0 bridgehead atoms. The Morgan fingerprint density at radius 2 is 2.33 bits per heavy atom. The molecule has 94 valence electrons. The summed E-state index contributed by atoms with van der Waals surface area (Å²) in [5.41, 5.74) is 1.41. The molecule has 1 aromatic carbocycles. The van der Waals surface area contributed by atoms with Gasteiger partial charge in [0.2, 0.25) is 0 Å². The minimum Gasteiger partial charge on any atom is -0.465 e. The van der Waals surface area contributed by atoms with Gasteiger partial charge < -0.3 is 10.1 Å². The van der Waals surface area contributed by atoms with Gasteiger partial charge in [0.15, 0.2) is 0 Å². The SMILES string of the molecule is COC(=O)c1cccc(NC(C)c2nccs2)c1. The van der Waals surface area contributed by atoms with Crippen molar-refractivity contribution in [1.29, 1.82) is 0 Å². The number of carbonyl (C=O) groups is 1. The predicted octanol–water partition coefficient (Wildman–Crippen LogP) is 3.10. The van der Waals surface area contributed by atoms with Crippen molar-refractivity contribution in [3.63, 3.8) is 0 Å². The molecule has 2 rings (SSSR count). The van der Waals surface area contributed by atoms with Gasteiger partial charge in [-0.15, -0.1) is 11.3 Å². The molecule has 1 aromatic heterocycles. The lowest BCUT2D eigenvalue weighted by molar-refractivity contribution is 0.0601. The Morgan fingerprint density at radius 3 is 3.00 bits per heavy atom. The molecule has 1 heterocycles. The molecule has 0 fully saturated rings. The number of ether oxygens (including phenoxy) is 1. The third kappa shape index (κ3) is 2.87. The molecule has 0 saturated carbocycles. The smallest absolute Gasteiger partial charge is 0.337 e. The highest BCUT2D eigenvalue weighted by molar-refractivity contribution is 7.09. The monoisotopic (exact) mass is 262 g/mol. The van der Waals surface area contributed by atoms with Crippen molar-refractivity contribution in [1.82, 2.24) is 4.98 Å². The van der Waals surface area contributed by atoms with E-state index in [1.165, 1.54) is 7.11 Å². The molecule has 0 spiro atoms. The standard InChI is InChI=1S/C13H14N2O2S/c1-9(12-14-6-7-18-12)15-11-5-3-4-10(8-11)13(16)17-2/h3-9,15H,1-2H3. The Kier molecular flexibility index (Phi) is 3.94. The van der Waals surface area contributed by atoms with E-state index >= 15 is 0 Å². The van der Waals surface area contributed by atoms with Crippen LogP contribution in [0.5, 0.6) is 0 Å². The summed E-state index contributed by atoms with van der Waals surface area (Å²) in [5, 5.41) is 6.26. The fraction of sp³-hybridized carbons (Fsp3) is 0.231. The van der Waals surface area contributed by atoms with Gasteiger partial charge in [-0.3, -0.25) is 0 Å². The summed E-state index contributed by atoms with van der Waals surface area (Å²) in [5.74, 6) is -0.333. The van der Waals surface area contributed by atoms with Crippen LogP contribution in [0.1, 0.15) is 28.3 Å². The van der Waals surface area contributed by atoms with Crippen molar-refractivity contribution in [3.8, 4) is 0 Å². The lowest BCUT2D eigenvalue weighted by Gasteiger charge is -2.13. The molecule has 2 aromatic rings. The Labute approximate surface area is 110 Å². The van der Waals surface area contributed by atoms with E-state index in [2.05, 4.69) is 10.3 Å². The number of nitrogens with one attached hydrogen (secondary N) is 1. The summed E-state index contributed by atoms with van der Waals surface area (Å²) >= 11 is 1.60. The fourth-order valence-electron chi connectivity index (χ4n) is 1.61. The minimum atomic E-state index is -0.333. The molecule has 4 nitrogen and oxygen atoms in total. The first-order valence-electron chi connectivity index (χ1n) is 5.55. The summed E-state index contributed by atoms with van der Waals surface area (Å²) in [6, 6.07) is 7.35. The van der Waals surface area contributed by atoms with Crippen LogP contribution in [-0.2, 0) is 4.74 Å². The third-order valence-electron chi connectivity index (χ3n) is 2.49. The van der Waals surface area contributed by atoms with Gasteiger partial charge in [-0.25, -0.2) is 9.78 Å². The quantitative estimate of drug-likeness (QED) is 0.860. The molecule has 0 amide bonds. The van der Waals surface area contributed by atoms with Crippen molar-refractivity contribution in [2.45, 2.75) is 13.0 Å². The van der Waals surface area contributed by atoms with Crippen LogP contribution >= 0.6 is 11.3 Å². The van der Waals surface area contributed by atoms with Gasteiger partial charge in [0.1, 0.15) is 5.01 Å². The number of hydrogen-bond donors (Lipinski definition) is 1. The van der Waals surface area contributed by atoms with E-state index < -0.39 is 0 Å². The maximum atomic E-state index is 11.4. The molecular formula is C13H14N2O2S. The zero-order valence-electron chi connectivity index (χ0n) is 10.2. The summed E-state index contributed by atoms with van der Waals surface area (Å²) in [7, 11) is 1.38. The van der Waals surface area contributed by atoms with E-state index in [1.807, 2.05) is 24.4 Å². The molecule has 0 aliphatic rings. The number of esters is 1. The van der Waals surface area contributed by atoms with Crippen molar-refractivity contribution < 1.29 is 9.53 Å². The average Bonchev–Trinajstić information content (AvgIpc) is 2.92. The van der Waals surface area contributed by atoms with Crippen LogP contribution in [0.2, 0.25) is 0 Å². The van der Waals surface area contributed by atoms with E-state index in [-0.39, 0.29) is 12.0 Å². The fourth-order valence-corrected chi connectivity index (χ4v) is 2.26. The second kappa shape index (κ2) is 5.64. The molecule has 0 aliphatic carbocycles. The van der Waals surface area contributed by atoms with Crippen LogP contribution in [-0.4, -0.2) is 18.1 Å². The Hall–Kier alpha value is -1.88. The number of aromatic nitrogens is 1. The molecule has 18 heavy (non-hydrogen) atoms. The Balaban J connectivity index is 2.12. The van der Waals surface area contributed by atoms with Gasteiger partial charge in [0.05, 0.1) is 18.7 Å². The van der Waals surface area contributed by atoms with Crippen LogP contribution in [0.15, 0.2) is 35.8 Å². The molecule has 0 radical (unpaired) electrons. The van der Waals surface area contributed by atoms with E-state index in [0.29, 0.717) is 5.56 Å². The lowest BCUT2D eigenvalue weighted by atomic mass is 10.2. The maximum Gasteiger partial charge on any atom is 0.337 e. The van der Waals surface area contributed by atoms with E-state index in [4.69, 9.17) is 4.74 Å². The normalized spacial score (nSPS) is 11.9. The first kappa shape index (κ1) is 12.6. The highest BCUT2D eigenvalue weighted by Crippen LogP contribution is 2.21. The number of benzene rings is 1. The molecule has 1 atom stereocenters. The van der Waals surface area contributed by atoms with Gasteiger partial charge in [-0.1, -0.05) is 6.07 Å². The Morgan fingerprint density at radius 1 is 1.50 bits per heavy atom. The molecule has 0 aliphatic heterocycles. The predicted molar refractivity (Wildman–Crippen MR) is 71.9 cm³/mol. The minimum absolute atomic E-state index is 0.109. The van der Waals surface area contributed by atoms with Gasteiger partial charge in [0.25, 0.3) is 0 Å². The van der Waals surface area contributed by atoms with E-state index in [9.17, 15) is 4.79 Å². The second-order valence-corrected chi connectivity index (χ2v) is 4.73. The number of hydrogen-bond acceptors (Lipinski definition) is 5. The average molecular weight is 262 g/mol. The molecule has 1 N–H and O–H groups in total. The van der Waals surface area contributed by atoms with Crippen molar-refractivity contribution in [2.75, 3.05) is 12.4 Å². The zero-order chi connectivity index (χ0) is 13.0. The number of nitrogens with zero attached hydrogens (tertiary/aromatic N) is 1. The highest BCUT2D eigenvalue weighted by Gasteiger charge is 2.10. The number of carbonyl (C=O) groups excluding carboxylic acids is 1. The lowest BCUT2D eigenvalue weighted by Crippen LogP contribution is -2.07. The first-order chi connectivity index (χ1) is 8.70. The van der Waals surface area contributed by atoms with Gasteiger partial charge >= 0.3 is 5.97 Å². The molecule has 5 heteroatoms. The third-order valence-corrected chi connectivity index (χ3v) is 3.45. The van der Waals surface area contributed by atoms with Crippen LogP contribution < -0.4 is 5.32 Å². The molecule has 0 saturated heterocycles. The topological polar surface area (TPSA) is 51.2 Å². The highest BCUT2D eigenvalue weighted by atomic mass is 32.1. The summed E-state index contributed by atoms with van der Waals surface area (Å²) < 4.78 is 4.69. The van der Waals surface area contributed by atoms with Gasteiger partial charge in [-0.2, -0.15) is 0 Å². The number of rotatable bonds is 4. The van der Waals surface area contributed by atoms with Crippen LogP contribution in [0.4, 0.5) is 5.69 Å². The largest absolute Gasteiger partial charge is 0.465 e. The number of anilines is 1. The number of methoxy groups -OCH3 is 1. The molecular weight excluding hydrogens is 248 g/mol. The van der Waals surface area contributed by atoms with Crippen LogP contribution in [0.3, 0.4) is 0 Å². The maximum absolute atomic E-state index is 11.4. The van der Waals surface area contributed by atoms with Crippen molar-refractivity contribution in [3.05, 3.63) is 46.4 Å². The van der Waals surface area contributed by atoms with E-state index in [1.54, 1.807) is 29.7 Å². The van der Waals surface area contributed by atoms with Gasteiger partial charge in [-0.05, 0) is 25.1 Å². The van der Waals surface area contributed by atoms with Crippen LogP contribution in [0, 0.1) is 0 Å². The van der Waals surface area contributed by atoms with Crippen LogP contribution in [0.25, 0.3) is 0 Å². The van der Waals surface area contributed by atoms with Gasteiger partial charge in [0, 0.05) is 17.3 Å². The van der Waals surface area contributed by atoms with Crippen molar-refractivity contribution in [2.24, 2.45) is 0 Å². The number of thiazole rings is 1. The van der Waals surface area contributed by atoms with E-state index in [0.717, 1.165) is 10.7 Å². The summed E-state index contributed by atoms with van der Waals surface area (Å²) in [6.45, 7) is 2.03. The zero-order valence-corrected chi connectivity index (χ0v) is 11.0. The first-order valence-corrected chi connectivity index (χ1v) is 6.43. The summed E-state index contributed by atoms with van der Waals surface area (Å²) in [4.78, 5) is 15.7. The molecule has 1 unspecified atom stereocenters. The van der Waals surface area contributed by atoms with Crippen molar-refractivity contribution >= 4 is 23.0 Å². The Bertz CT molecular complexity index is 526. The second-order valence-electron chi connectivity index (χ2n) is 3.81. The summed E-state index contributed by atoms with van der Waals surface area (Å²) in [6.07, 6.45) is 1.78.